The van der Waals surface area contributed by atoms with E-state index in [-0.39, 0.29) is 44.2 Å². The molecule has 0 unspecified atom stereocenters. The third-order valence-electron chi connectivity index (χ3n) is 3.67. The number of rotatable bonds is 13. The maximum Gasteiger partial charge on any atom is 0.363 e. The molecule has 1 heterocycles. The van der Waals surface area contributed by atoms with Gasteiger partial charge in [0.05, 0.1) is 31.7 Å². The van der Waals surface area contributed by atoms with Crippen molar-refractivity contribution in [3.63, 3.8) is 0 Å². The zero-order valence-corrected chi connectivity index (χ0v) is 19.3. The van der Waals surface area contributed by atoms with Gasteiger partial charge in [-0.25, -0.2) is 4.98 Å². The minimum atomic E-state index is -3.59. The maximum atomic E-state index is 13.1. The second-order valence-corrected chi connectivity index (χ2v) is 9.88. The second kappa shape index (κ2) is 11.2. The van der Waals surface area contributed by atoms with E-state index in [1.165, 1.54) is 0 Å². The molecule has 10 nitrogen and oxygen atoms in total. The Balaban J connectivity index is 2.18. The average Bonchev–Trinajstić information content (AvgIpc) is 3.10. The van der Waals surface area contributed by atoms with Crippen LogP contribution in [0.15, 0.2) is 22.6 Å². The number of oxazole rings is 1. The molecule has 0 aliphatic carbocycles. The largest absolute Gasteiger partial charge is 0.455 e. The SMILES string of the molecule is CCOP(=O)(CC(=O)OCc1nc2c(P(=O)(OCC)OCC)cccc2o1)OCC. The molecule has 0 radical (unpaired) electrons. The van der Waals surface area contributed by atoms with Crippen LogP contribution in [0.3, 0.4) is 0 Å². The lowest BCUT2D eigenvalue weighted by atomic mass is 10.3. The van der Waals surface area contributed by atoms with Crippen LogP contribution in [-0.2, 0) is 43.4 Å². The summed E-state index contributed by atoms with van der Waals surface area (Å²) in [6.07, 6.45) is -0.524. The minimum absolute atomic E-state index is 0.0769. The van der Waals surface area contributed by atoms with Crippen molar-refractivity contribution in [2.75, 3.05) is 32.6 Å². The van der Waals surface area contributed by atoms with Crippen molar-refractivity contribution in [2.45, 2.75) is 34.3 Å². The molecule has 0 saturated carbocycles. The average molecular weight is 463 g/mol. The molecule has 2 aromatic rings. The standard InChI is InChI=1S/C18H27NO9P2/c1-5-24-29(21,25-6-2)13-17(20)23-12-16-19-18-14(28-16)10-9-11-15(18)30(22,26-7-3)27-8-4/h9-11H,5-8,12-13H2,1-4H3. The van der Waals surface area contributed by atoms with Crippen molar-refractivity contribution in [1.82, 2.24) is 4.98 Å². The molecule has 0 aliphatic heterocycles. The van der Waals surface area contributed by atoms with E-state index >= 15 is 0 Å². The summed E-state index contributed by atoms with van der Waals surface area (Å²) in [5.41, 5.74) is 0.635. The first-order valence-corrected chi connectivity index (χ1v) is 12.9. The van der Waals surface area contributed by atoms with Crippen LogP contribution in [0.2, 0.25) is 0 Å². The van der Waals surface area contributed by atoms with Crippen molar-refractivity contribution in [3.05, 3.63) is 24.1 Å². The Morgan fingerprint density at radius 2 is 1.57 bits per heavy atom. The molecule has 1 aromatic carbocycles. The van der Waals surface area contributed by atoms with Gasteiger partial charge in [-0.05, 0) is 39.8 Å². The predicted molar refractivity (Wildman–Crippen MR) is 110 cm³/mol. The molecule has 12 heteroatoms. The maximum absolute atomic E-state index is 13.1. The Hall–Kier alpha value is -1.54. The van der Waals surface area contributed by atoms with E-state index in [0.29, 0.717) is 11.1 Å². The number of hydrogen-bond acceptors (Lipinski definition) is 10. The molecule has 0 fully saturated rings. The minimum Gasteiger partial charge on any atom is -0.455 e. The second-order valence-electron chi connectivity index (χ2n) is 5.83. The molecule has 0 saturated heterocycles. The number of nitrogens with zero attached hydrogens (tertiary/aromatic N) is 1. The number of esters is 1. The molecule has 0 amide bonds. The fraction of sp³-hybridized carbons (Fsp3) is 0.556. The fourth-order valence-corrected chi connectivity index (χ4v) is 5.82. The Bertz CT molecular complexity index is 923. The zero-order chi connectivity index (χ0) is 22.2. The lowest BCUT2D eigenvalue weighted by Gasteiger charge is -2.16. The van der Waals surface area contributed by atoms with Crippen molar-refractivity contribution < 1.29 is 41.2 Å². The van der Waals surface area contributed by atoms with Crippen LogP contribution in [0, 0.1) is 0 Å². The van der Waals surface area contributed by atoms with E-state index in [9.17, 15) is 13.9 Å². The van der Waals surface area contributed by atoms with Crippen LogP contribution >= 0.6 is 15.2 Å². The summed E-state index contributed by atoms with van der Waals surface area (Å²) in [6, 6.07) is 4.87. The summed E-state index contributed by atoms with van der Waals surface area (Å²) in [7, 11) is -7.15. The number of aromatic nitrogens is 1. The van der Waals surface area contributed by atoms with Crippen LogP contribution in [0.25, 0.3) is 11.1 Å². The first-order chi connectivity index (χ1) is 14.3. The summed E-state index contributed by atoms with van der Waals surface area (Å²) in [6.45, 7) is 7.07. The van der Waals surface area contributed by atoms with Crippen LogP contribution in [0.1, 0.15) is 33.6 Å². The van der Waals surface area contributed by atoms with Gasteiger partial charge in [0.25, 0.3) is 0 Å². The Morgan fingerprint density at radius 1 is 0.967 bits per heavy atom. The van der Waals surface area contributed by atoms with Gasteiger partial charge in [0, 0.05) is 0 Å². The van der Waals surface area contributed by atoms with Crippen molar-refractivity contribution in [3.8, 4) is 0 Å². The van der Waals surface area contributed by atoms with Gasteiger partial charge in [0.2, 0.25) is 5.89 Å². The topological polar surface area (TPSA) is 123 Å². The number of carbonyl (C=O) groups is 1. The lowest BCUT2D eigenvalue weighted by Crippen LogP contribution is -2.13. The van der Waals surface area contributed by atoms with Gasteiger partial charge in [-0.1, -0.05) is 6.07 Å². The highest BCUT2D eigenvalue weighted by Gasteiger charge is 2.31. The molecule has 2 rings (SSSR count). The van der Waals surface area contributed by atoms with E-state index in [2.05, 4.69) is 4.98 Å². The van der Waals surface area contributed by atoms with E-state index in [1.807, 2.05) is 0 Å². The van der Waals surface area contributed by atoms with Gasteiger partial charge in [0.1, 0.15) is 11.7 Å². The third-order valence-corrected chi connectivity index (χ3v) is 7.76. The van der Waals surface area contributed by atoms with Crippen molar-refractivity contribution in [1.29, 1.82) is 0 Å². The molecular formula is C18H27NO9P2. The van der Waals surface area contributed by atoms with E-state index in [4.69, 9.17) is 27.2 Å². The summed E-state index contributed by atoms with van der Waals surface area (Å²) < 4.78 is 57.1. The van der Waals surface area contributed by atoms with Crippen molar-refractivity contribution in [2.24, 2.45) is 0 Å². The van der Waals surface area contributed by atoms with Gasteiger partial charge in [0.15, 0.2) is 12.2 Å². The molecule has 0 spiro atoms. The first-order valence-electron chi connectivity index (χ1n) is 9.62. The molecule has 1 aromatic heterocycles. The number of benzene rings is 1. The summed E-state index contributed by atoms with van der Waals surface area (Å²) in [5, 5.41) is 0.266. The fourth-order valence-electron chi connectivity index (χ4n) is 2.65. The highest BCUT2D eigenvalue weighted by atomic mass is 31.2. The van der Waals surface area contributed by atoms with Gasteiger partial charge >= 0.3 is 21.2 Å². The highest BCUT2D eigenvalue weighted by Crippen LogP contribution is 2.49. The molecule has 0 N–H and O–H groups in total. The number of para-hydroxylation sites is 1. The monoisotopic (exact) mass is 463 g/mol. The molecule has 0 bridgehead atoms. The predicted octanol–water partition coefficient (Wildman–Crippen LogP) is 4.03. The van der Waals surface area contributed by atoms with E-state index < -0.39 is 27.3 Å². The van der Waals surface area contributed by atoms with Gasteiger partial charge < -0.3 is 27.2 Å². The van der Waals surface area contributed by atoms with Crippen LogP contribution in [0.5, 0.6) is 0 Å². The van der Waals surface area contributed by atoms with Crippen LogP contribution in [0.4, 0.5) is 0 Å². The Kier molecular flexibility index (Phi) is 9.22. The molecule has 168 valence electrons. The lowest BCUT2D eigenvalue weighted by molar-refractivity contribution is -0.142. The summed E-state index contributed by atoms with van der Waals surface area (Å²) in [4.78, 5) is 16.4. The normalized spacial score (nSPS) is 12.4. The smallest absolute Gasteiger partial charge is 0.363 e. The molecule has 0 aliphatic rings. The van der Waals surface area contributed by atoms with Gasteiger partial charge in [-0.3, -0.25) is 13.9 Å². The quantitative estimate of drug-likeness (QED) is 0.318. The van der Waals surface area contributed by atoms with E-state index in [0.717, 1.165) is 0 Å². The summed E-state index contributed by atoms with van der Waals surface area (Å²) >= 11 is 0. The van der Waals surface area contributed by atoms with E-state index in [1.54, 1.807) is 45.9 Å². The molecule has 0 atom stereocenters. The molecule has 30 heavy (non-hydrogen) atoms. The number of fused-ring (bicyclic) bond motifs is 1. The van der Waals surface area contributed by atoms with Crippen LogP contribution in [-0.4, -0.2) is 43.5 Å². The van der Waals surface area contributed by atoms with Crippen LogP contribution < -0.4 is 5.30 Å². The van der Waals surface area contributed by atoms with Gasteiger partial charge in [-0.2, -0.15) is 0 Å². The molecular weight excluding hydrogens is 436 g/mol. The Morgan fingerprint density at radius 3 is 2.13 bits per heavy atom. The number of hydrogen-bond donors (Lipinski definition) is 0. The number of carbonyl (C=O) groups excluding carboxylic acids is 1. The first kappa shape index (κ1) is 24.7. The van der Waals surface area contributed by atoms with Crippen molar-refractivity contribution >= 4 is 37.6 Å². The summed E-state index contributed by atoms with van der Waals surface area (Å²) in [5.74, 6) is -0.704. The van der Waals surface area contributed by atoms with Gasteiger partial charge in [-0.15, -0.1) is 0 Å². The zero-order valence-electron chi connectivity index (χ0n) is 17.5. The Labute approximate surface area is 175 Å². The third kappa shape index (κ3) is 6.23. The highest BCUT2D eigenvalue weighted by molar-refractivity contribution is 7.62. The number of ether oxygens (including phenoxy) is 1.